The third-order valence-corrected chi connectivity index (χ3v) is 4.39. The smallest absolute Gasteiger partial charge is 0.293 e. The summed E-state index contributed by atoms with van der Waals surface area (Å²) in [5.41, 5.74) is 0.440. The van der Waals surface area contributed by atoms with Crippen LogP contribution in [-0.4, -0.2) is 16.1 Å². The molecule has 8 heteroatoms. The molecule has 1 amide bonds. The number of anilines is 1. The highest BCUT2D eigenvalue weighted by Crippen LogP contribution is 2.21. The molecule has 7 nitrogen and oxygen atoms in total. The maximum atomic E-state index is 12.3. The van der Waals surface area contributed by atoms with E-state index >= 15 is 0 Å². The van der Waals surface area contributed by atoms with Crippen LogP contribution in [0.3, 0.4) is 0 Å². The van der Waals surface area contributed by atoms with Crippen LogP contribution in [0.2, 0.25) is 0 Å². The number of hydrogen-bond donors (Lipinski definition) is 1. The van der Waals surface area contributed by atoms with Gasteiger partial charge in [0.15, 0.2) is 5.76 Å². The third-order valence-electron chi connectivity index (χ3n) is 3.53. The zero-order valence-corrected chi connectivity index (χ0v) is 15.7. The molecule has 1 aromatic carbocycles. The first-order valence-electron chi connectivity index (χ1n) is 8.39. The van der Waals surface area contributed by atoms with E-state index in [9.17, 15) is 4.79 Å². The van der Waals surface area contributed by atoms with Gasteiger partial charge in [-0.3, -0.25) is 10.1 Å². The van der Waals surface area contributed by atoms with Gasteiger partial charge in [-0.2, -0.15) is 5.26 Å². The Morgan fingerprint density at radius 2 is 2.11 bits per heavy atom. The number of furan rings is 1. The third kappa shape index (κ3) is 4.92. The molecule has 0 aliphatic rings. The van der Waals surface area contributed by atoms with Gasteiger partial charge in [0.1, 0.15) is 29.2 Å². The van der Waals surface area contributed by atoms with Gasteiger partial charge in [-0.05, 0) is 30.2 Å². The van der Waals surface area contributed by atoms with Crippen molar-refractivity contribution in [3.63, 3.8) is 0 Å². The first-order chi connectivity index (χ1) is 13.0. The van der Waals surface area contributed by atoms with Crippen molar-refractivity contribution in [3.05, 3.63) is 58.5 Å². The Labute approximate surface area is 160 Å². The number of aromatic nitrogens is 2. The maximum absolute atomic E-state index is 12.3. The fourth-order valence-corrected chi connectivity index (χ4v) is 3.25. The molecule has 0 atom stereocenters. The molecular formula is C19H18N4O3S. The van der Waals surface area contributed by atoms with E-state index in [0.29, 0.717) is 28.1 Å². The van der Waals surface area contributed by atoms with Gasteiger partial charge in [-0.25, -0.2) is 0 Å². The molecular weight excluding hydrogens is 364 g/mol. The molecule has 2 heterocycles. The molecule has 0 aliphatic heterocycles. The Kier molecular flexibility index (Phi) is 5.84. The van der Waals surface area contributed by atoms with Crippen LogP contribution in [0.4, 0.5) is 5.13 Å². The Bertz CT molecular complexity index is 971. The molecule has 27 heavy (non-hydrogen) atoms. The molecule has 138 valence electrons. The van der Waals surface area contributed by atoms with Crippen molar-refractivity contribution in [2.45, 2.75) is 26.9 Å². The number of rotatable bonds is 7. The molecule has 2 aromatic heterocycles. The normalized spacial score (nSPS) is 10.6. The highest BCUT2D eigenvalue weighted by atomic mass is 32.1. The molecule has 0 fully saturated rings. The van der Waals surface area contributed by atoms with E-state index < -0.39 is 5.91 Å². The van der Waals surface area contributed by atoms with Gasteiger partial charge in [0, 0.05) is 6.42 Å². The lowest BCUT2D eigenvalue weighted by atomic mass is 10.1. The number of nitrogens with zero attached hydrogens (tertiary/aromatic N) is 3. The summed E-state index contributed by atoms with van der Waals surface area (Å²) in [5, 5.41) is 21.1. The number of nitrogens with one attached hydrogen (secondary N) is 1. The Balaban J connectivity index is 1.59. The van der Waals surface area contributed by atoms with Crippen molar-refractivity contribution in [1.29, 1.82) is 5.26 Å². The fourth-order valence-electron chi connectivity index (χ4n) is 2.31. The summed E-state index contributed by atoms with van der Waals surface area (Å²) < 4.78 is 11.1. The predicted octanol–water partition coefficient (Wildman–Crippen LogP) is 4.03. The molecule has 0 saturated carbocycles. The van der Waals surface area contributed by atoms with Gasteiger partial charge in [-0.15, -0.1) is 10.2 Å². The minimum atomic E-state index is -0.397. The van der Waals surface area contributed by atoms with Crippen molar-refractivity contribution in [3.8, 4) is 11.8 Å². The summed E-state index contributed by atoms with van der Waals surface area (Å²) >= 11 is 1.35. The van der Waals surface area contributed by atoms with Crippen molar-refractivity contribution in [2.75, 3.05) is 5.32 Å². The van der Waals surface area contributed by atoms with Gasteiger partial charge in [0.25, 0.3) is 5.91 Å². The summed E-state index contributed by atoms with van der Waals surface area (Å²) in [6.45, 7) is 4.31. The molecule has 0 spiro atoms. The molecule has 3 rings (SSSR count). The fraction of sp³-hybridized carbons (Fsp3) is 0.263. The van der Waals surface area contributed by atoms with E-state index in [1.54, 1.807) is 36.4 Å². The van der Waals surface area contributed by atoms with Gasteiger partial charge in [0.2, 0.25) is 5.13 Å². The van der Waals surface area contributed by atoms with E-state index in [2.05, 4.69) is 35.4 Å². The van der Waals surface area contributed by atoms with Crippen LogP contribution in [0.5, 0.6) is 5.75 Å². The number of ether oxygens (including phenoxy) is 1. The number of nitriles is 1. The number of carbonyl (C=O) groups is 1. The first-order valence-corrected chi connectivity index (χ1v) is 9.21. The molecule has 1 N–H and O–H groups in total. The number of para-hydroxylation sites is 1. The monoisotopic (exact) mass is 382 g/mol. The molecule has 0 saturated heterocycles. The lowest BCUT2D eigenvalue weighted by Crippen LogP contribution is -2.10. The van der Waals surface area contributed by atoms with Gasteiger partial charge >= 0.3 is 0 Å². The van der Waals surface area contributed by atoms with Crippen molar-refractivity contribution >= 4 is 22.4 Å². The first kappa shape index (κ1) is 18.6. The highest BCUT2D eigenvalue weighted by molar-refractivity contribution is 7.15. The average molecular weight is 382 g/mol. The second-order valence-electron chi connectivity index (χ2n) is 6.22. The summed E-state index contributed by atoms with van der Waals surface area (Å²) in [5.74, 6) is 1.17. The van der Waals surface area contributed by atoms with Crippen molar-refractivity contribution in [1.82, 2.24) is 10.2 Å². The van der Waals surface area contributed by atoms with Crippen LogP contribution in [-0.2, 0) is 13.0 Å². The summed E-state index contributed by atoms with van der Waals surface area (Å²) in [6.07, 6.45) is 0.819. The summed E-state index contributed by atoms with van der Waals surface area (Å²) in [6, 6.07) is 12.2. The Morgan fingerprint density at radius 3 is 2.89 bits per heavy atom. The molecule has 0 radical (unpaired) electrons. The molecule has 0 aliphatic carbocycles. The second kappa shape index (κ2) is 8.47. The quantitative estimate of drug-likeness (QED) is 0.662. The van der Waals surface area contributed by atoms with Crippen LogP contribution in [0.1, 0.15) is 40.7 Å². The SMILES string of the molecule is CC(C)Cc1nnc(NC(=O)c2ccc(COc3ccccc3C#N)o2)s1. The van der Waals surface area contributed by atoms with E-state index in [1.807, 2.05) is 0 Å². The predicted molar refractivity (Wildman–Crippen MR) is 101 cm³/mol. The van der Waals surface area contributed by atoms with E-state index in [4.69, 9.17) is 14.4 Å². The number of benzene rings is 1. The van der Waals surface area contributed by atoms with Crippen LogP contribution < -0.4 is 10.1 Å². The standard InChI is InChI=1S/C19H18N4O3S/c1-12(2)9-17-22-23-19(27-17)21-18(24)16-8-7-14(26-16)11-25-15-6-4-3-5-13(15)10-20/h3-8,12H,9,11H2,1-2H3,(H,21,23,24). The lowest BCUT2D eigenvalue weighted by molar-refractivity contribution is 0.0992. The molecule has 3 aromatic rings. The molecule has 0 bridgehead atoms. The zero-order chi connectivity index (χ0) is 19.2. The van der Waals surface area contributed by atoms with Crippen LogP contribution >= 0.6 is 11.3 Å². The number of amides is 1. The second-order valence-corrected chi connectivity index (χ2v) is 7.28. The van der Waals surface area contributed by atoms with Crippen molar-refractivity contribution < 1.29 is 13.9 Å². The lowest BCUT2D eigenvalue weighted by Gasteiger charge is -2.05. The van der Waals surface area contributed by atoms with Gasteiger partial charge < -0.3 is 9.15 Å². The molecule has 0 unspecified atom stereocenters. The average Bonchev–Trinajstić information content (AvgIpc) is 3.29. The minimum absolute atomic E-state index is 0.114. The van der Waals surface area contributed by atoms with Crippen molar-refractivity contribution in [2.24, 2.45) is 5.92 Å². The Hall–Kier alpha value is -3.18. The largest absolute Gasteiger partial charge is 0.484 e. The number of carbonyl (C=O) groups excluding carboxylic acids is 1. The van der Waals surface area contributed by atoms with Gasteiger partial charge in [-0.1, -0.05) is 37.3 Å². The summed E-state index contributed by atoms with van der Waals surface area (Å²) in [4.78, 5) is 12.3. The highest BCUT2D eigenvalue weighted by Gasteiger charge is 2.15. The van der Waals surface area contributed by atoms with Gasteiger partial charge in [0.05, 0.1) is 5.56 Å². The minimum Gasteiger partial charge on any atom is -0.484 e. The van der Waals surface area contributed by atoms with E-state index in [-0.39, 0.29) is 12.4 Å². The summed E-state index contributed by atoms with van der Waals surface area (Å²) in [7, 11) is 0. The van der Waals surface area contributed by atoms with Crippen LogP contribution in [0.25, 0.3) is 0 Å². The zero-order valence-electron chi connectivity index (χ0n) is 14.9. The topological polar surface area (TPSA) is 101 Å². The van der Waals surface area contributed by atoms with Crippen LogP contribution in [0, 0.1) is 17.2 Å². The number of hydrogen-bond acceptors (Lipinski definition) is 7. The van der Waals surface area contributed by atoms with E-state index in [0.717, 1.165) is 11.4 Å². The van der Waals surface area contributed by atoms with E-state index in [1.165, 1.54) is 11.3 Å². The Morgan fingerprint density at radius 1 is 1.30 bits per heavy atom. The van der Waals surface area contributed by atoms with Crippen LogP contribution in [0.15, 0.2) is 40.8 Å². The maximum Gasteiger partial charge on any atom is 0.293 e.